The molecule has 1 aromatic carbocycles. The number of aliphatic hydroxyl groups is 1. The van der Waals surface area contributed by atoms with E-state index in [0.29, 0.717) is 30.3 Å². The maximum Gasteiger partial charge on any atom is 0.203 e. The summed E-state index contributed by atoms with van der Waals surface area (Å²) in [5.74, 6) is 0.832. The number of aromatic hydroxyl groups is 1. The van der Waals surface area contributed by atoms with E-state index in [0.717, 1.165) is 0 Å². The van der Waals surface area contributed by atoms with Gasteiger partial charge in [0.05, 0.1) is 6.61 Å². The molecule has 0 amide bonds. The normalized spacial score (nSPS) is 14.2. The number of ether oxygens (including phenoxy) is 2. The van der Waals surface area contributed by atoms with Crippen LogP contribution >= 0.6 is 0 Å². The first-order valence-corrected chi connectivity index (χ1v) is 4.04. The SMILES string of the molecule is OCc1ccc(O)c2c1OCCO2. The number of phenols is 1. The molecule has 0 saturated carbocycles. The zero-order valence-electron chi connectivity index (χ0n) is 6.99. The van der Waals surface area contributed by atoms with Gasteiger partial charge in [0, 0.05) is 5.56 Å². The van der Waals surface area contributed by atoms with Crippen molar-refractivity contribution in [3.63, 3.8) is 0 Å². The number of fused-ring (bicyclic) bond motifs is 1. The standard InChI is InChI=1S/C9H10O4/c10-5-6-1-2-7(11)9-8(6)12-3-4-13-9/h1-2,10-11H,3-5H2. The first-order chi connectivity index (χ1) is 6.33. The summed E-state index contributed by atoms with van der Waals surface area (Å²) in [5.41, 5.74) is 0.632. The molecule has 0 aromatic heterocycles. The summed E-state index contributed by atoms with van der Waals surface area (Å²) < 4.78 is 10.5. The molecule has 1 aliphatic rings. The minimum absolute atomic E-state index is 0.0481. The Bertz CT molecular complexity index is 322. The first kappa shape index (κ1) is 8.19. The second-order valence-electron chi connectivity index (χ2n) is 2.76. The largest absolute Gasteiger partial charge is 0.504 e. The van der Waals surface area contributed by atoms with Crippen molar-refractivity contribution in [2.45, 2.75) is 6.61 Å². The third-order valence-electron chi connectivity index (χ3n) is 1.92. The second-order valence-corrected chi connectivity index (χ2v) is 2.76. The van der Waals surface area contributed by atoms with Gasteiger partial charge in [0.2, 0.25) is 5.75 Å². The summed E-state index contributed by atoms with van der Waals surface area (Å²) in [7, 11) is 0. The molecule has 0 atom stereocenters. The summed E-state index contributed by atoms with van der Waals surface area (Å²) in [6.45, 7) is 0.755. The summed E-state index contributed by atoms with van der Waals surface area (Å²) in [6, 6.07) is 3.10. The lowest BCUT2D eigenvalue weighted by Crippen LogP contribution is -2.16. The van der Waals surface area contributed by atoms with Crippen LogP contribution in [0.5, 0.6) is 17.2 Å². The molecular weight excluding hydrogens is 172 g/mol. The fraction of sp³-hybridized carbons (Fsp3) is 0.333. The Hall–Kier alpha value is -1.42. The van der Waals surface area contributed by atoms with E-state index >= 15 is 0 Å². The van der Waals surface area contributed by atoms with Crippen molar-refractivity contribution >= 4 is 0 Å². The van der Waals surface area contributed by atoms with Crippen LogP contribution in [-0.4, -0.2) is 23.4 Å². The van der Waals surface area contributed by atoms with E-state index in [9.17, 15) is 5.11 Å². The van der Waals surface area contributed by atoms with Gasteiger partial charge in [-0.3, -0.25) is 0 Å². The van der Waals surface area contributed by atoms with Gasteiger partial charge < -0.3 is 19.7 Å². The first-order valence-electron chi connectivity index (χ1n) is 4.04. The fourth-order valence-corrected chi connectivity index (χ4v) is 1.30. The second kappa shape index (κ2) is 3.14. The van der Waals surface area contributed by atoms with Crippen molar-refractivity contribution < 1.29 is 19.7 Å². The average molecular weight is 182 g/mol. The topological polar surface area (TPSA) is 58.9 Å². The van der Waals surface area contributed by atoms with Crippen LogP contribution in [0, 0.1) is 0 Å². The molecule has 1 aliphatic heterocycles. The summed E-state index contributed by atoms with van der Waals surface area (Å²) >= 11 is 0. The van der Waals surface area contributed by atoms with Crippen molar-refractivity contribution in [2.24, 2.45) is 0 Å². The maximum absolute atomic E-state index is 9.39. The van der Waals surface area contributed by atoms with E-state index in [4.69, 9.17) is 14.6 Å². The predicted octanol–water partition coefficient (Wildman–Crippen LogP) is 0.656. The molecule has 1 aromatic rings. The molecule has 4 heteroatoms. The molecule has 0 saturated heterocycles. The van der Waals surface area contributed by atoms with E-state index in [1.807, 2.05) is 0 Å². The molecule has 13 heavy (non-hydrogen) atoms. The maximum atomic E-state index is 9.39. The molecule has 0 fully saturated rings. The van der Waals surface area contributed by atoms with Gasteiger partial charge in [-0.1, -0.05) is 0 Å². The summed E-state index contributed by atoms with van der Waals surface area (Å²) in [5, 5.41) is 18.4. The zero-order chi connectivity index (χ0) is 9.26. The van der Waals surface area contributed by atoms with Crippen molar-refractivity contribution in [1.29, 1.82) is 0 Å². The monoisotopic (exact) mass is 182 g/mol. The molecule has 0 bridgehead atoms. The third kappa shape index (κ3) is 1.29. The summed E-state index contributed by atoms with van der Waals surface area (Å²) in [6.07, 6.45) is 0. The van der Waals surface area contributed by atoms with Gasteiger partial charge in [0.25, 0.3) is 0 Å². The van der Waals surface area contributed by atoms with Crippen LogP contribution in [0.15, 0.2) is 12.1 Å². The van der Waals surface area contributed by atoms with Crippen LogP contribution in [0.25, 0.3) is 0 Å². The highest BCUT2D eigenvalue weighted by atomic mass is 16.6. The quantitative estimate of drug-likeness (QED) is 0.669. The minimum atomic E-state index is -0.119. The van der Waals surface area contributed by atoms with Crippen LogP contribution in [0.3, 0.4) is 0 Å². The Morgan fingerprint density at radius 3 is 2.54 bits per heavy atom. The van der Waals surface area contributed by atoms with Gasteiger partial charge in [-0.25, -0.2) is 0 Å². The molecule has 2 N–H and O–H groups in total. The lowest BCUT2D eigenvalue weighted by atomic mass is 10.1. The molecule has 0 radical (unpaired) electrons. The van der Waals surface area contributed by atoms with E-state index < -0.39 is 0 Å². The van der Waals surface area contributed by atoms with Gasteiger partial charge >= 0.3 is 0 Å². The third-order valence-corrected chi connectivity index (χ3v) is 1.92. The molecular formula is C9H10O4. The van der Waals surface area contributed by atoms with Gasteiger partial charge in [0.15, 0.2) is 11.5 Å². The molecule has 0 spiro atoms. The highest BCUT2D eigenvalue weighted by molar-refractivity contribution is 5.55. The van der Waals surface area contributed by atoms with Crippen LogP contribution in [0.2, 0.25) is 0 Å². The Morgan fingerprint density at radius 1 is 1.15 bits per heavy atom. The Balaban J connectivity index is 2.52. The van der Waals surface area contributed by atoms with Crippen LogP contribution in [-0.2, 0) is 6.61 Å². The fourth-order valence-electron chi connectivity index (χ4n) is 1.30. The lowest BCUT2D eigenvalue weighted by Gasteiger charge is -2.21. The highest BCUT2D eigenvalue weighted by Gasteiger charge is 2.19. The van der Waals surface area contributed by atoms with Gasteiger partial charge in [-0.15, -0.1) is 0 Å². The molecule has 0 unspecified atom stereocenters. The number of phenolic OH excluding ortho intramolecular Hbond substituents is 1. The van der Waals surface area contributed by atoms with E-state index in [1.165, 1.54) is 6.07 Å². The Morgan fingerprint density at radius 2 is 1.85 bits per heavy atom. The van der Waals surface area contributed by atoms with Crippen LogP contribution in [0.4, 0.5) is 0 Å². The van der Waals surface area contributed by atoms with Crippen molar-refractivity contribution in [3.05, 3.63) is 17.7 Å². The van der Waals surface area contributed by atoms with Crippen molar-refractivity contribution in [2.75, 3.05) is 13.2 Å². The van der Waals surface area contributed by atoms with E-state index in [1.54, 1.807) is 6.07 Å². The molecule has 4 nitrogen and oxygen atoms in total. The van der Waals surface area contributed by atoms with Gasteiger partial charge in [0.1, 0.15) is 13.2 Å². The molecule has 70 valence electrons. The number of hydrogen-bond donors (Lipinski definition) is 2. The van der Waals surface area contributed by atoms with E-state index in [-0.39, 0.29) is 12.4 Å². The van der Waals surface area contributed by atoms with Crippen LogP contribution in [0.1, 0.15) is 5.56 Å². The number of benzene rings is 1. The average Bonchev–Trinajstić information content (AvgIpc) is 2.19. The van der Waals surface area contributed by atoms with Crippen molar-refractivity contribution in [3.8, 4) is 17.2 Å². The van der Waals surface area contributed by atoms with Gasteiger partial charge in [-0.05, 0) is 12.1 Å². The Kier molecular flexibility index (Phi) is 1.98. The van der Waals surface area contributed by atoms with E-state index in [2.05, 4.69) is 0 Å². The smallest absolute Gasteiger partial charge is 0.203 e. The van der Waals surface area contributed by atoms with Crippen LogP contribution < -0.4 is 9.47 Å². The summed E-state index contributed by atoms with van der Waals surface area (Å²) in [4.78, 5) is 0. The number of aliphatic hydroxyl groups excluding tert-OH is 1. The zero-order valence-corrected chi connectivity index (χ0v) is 6.99. The van der Waals surface area contributed by atoms with Crippen molar-refractivity contribution in [1.82, 2.24) is 0 Å². The molecule has 2 rings (SSSR count). The highest BCUT2D eigenvalue weighted by Crippen LogP contribution is 2.41. The number of rotatable bonds is 1. The van der Waals surface area contributed by atoms with Gasteiger partial charge in [-0.2, -0.15) is 0 Å². The predicted molar refractivity (Wildman–Crippen MR) is 45.0 cm³/mol. The number of hydrogen-bond acceptors (Lipinski definition) is 4. The molecule has 0 aliphatic carbocycles. The lowest BCUT2D eigenvalue weighted by molar-refractivity contribution is 0.159. The minimum Gasteiger partial charge on any atom is -0.504 e. The molecule has 1 heterocycles. The Labute approximate surface area is 75.3 Å².